The Hall–Kier alpha value is -1.21. The molecular weight excluding hydrogens is 260 g/mol. The summed E-state index contributed by atoms with van der Waals surface area (Å²) in [5.74, 6) is 0. The number of nitrogens with zero attached hydrogens (tertiary/aromatic N) is 2. The van der Waals surface area contributed by atoms with Crippen molar-refractivity contribution >= 4 is 26.7 Å². The van der Waals surface area contributed by atoms with Crippen LogP contribution in [0.2, 0.25) is 0 Å². The molecule has 6 heteroatoms. The van der Waals surface area contributed by atoms with Gasteiger partial charge < -0.3 is 10.6 Å². The summed E-state index contributed by atoms with van der Waals surface area (Å²) in [6.45, 7) is 6.40. The Morgan fingerprint density at radius 2 is 2.26 bits per heavy atom. The van der Waals surface area contributed by atoms with Crippen molar-refractivity contribution in [3.8, 4) is 0 Å². The van der Waals surface area contributed by atoms with Crippen molar-refractivity contribution in [3.63, 3.8) is 0 Å². The molecule has 1 aromatic heterocycles. The summed E-state index contributed by atoms with van der Waals surface area (Å²) < 4.78 is 1.21. The first kappa shape index (κ1) is 12.8. The van der Waals surface area contributed by atoms with Crippen molar-refractivity contribution in [1.29, 1.82) is 0 Å². The minimum absolute atomic E-state index is 0.471. The fourth-order valence-corrected chi connectivity index (χ4v) is 3.01. The molecule has 1 aliphatic rings. The second-order valence-electron chi connectivity index (χ2n) is 4.62. The van der Waals surface area contributed by atoms with E-state index in [0.717, 1.165) is 36.8 Å². The van der Waals surface area contributed by atoms with Crippen LogP contribution in [0, 0.1) is 6.92 Å². The Balaban J connectivity index is 1.56. The van der Waals surface area contributed by atoms with Gasteiger partial charge >= 0.3 is 0 Å². The number of fused-ring (bicyclic) bond motifs is 1. The summed E-state index contributed by atoms with van der Waals surface area (Å²) in [6, 6.07) is 6.31. The maximum atomic E-state index is 5.66. The highest BCUT2D eigenvalue weighted by Crippen LogP contribution is 2.26. The van der Waals surface area contributed by atoms with Gasteiger partial charge in [-0.2, -0.15) is 5.06 Å². The van der Waals surface area contributed by atoms with Crippen molar-refractivity contribution in [1.82, 2.24) is 15.4 Å². The topological polar surface area (TPSA) is 49.4 Å². The maximum Gasteiger partial charge on any atom is 0.185 e. The van der Waals surface area contributed by atoms with Gasteiger partial charge in [-0.05, 0) is 24.6 Å². The molecule has 1 aliphatic heterocycles. The highest BCUT2D eigenvalue weighted by atomic mass is 32.1. The molecule has 2 aromatic rings. The number of aromatic nitrogens is 1. The van der Waals surface area contributed by atoms with Gasteiger partial charge in [0.05, 0.1) is 10.2 Å². The standard InChI is InChI=1S/C13H18N4OS/c1-10-2-3-11-12(8-10)19-13(16-11)15-9-18-17-6-4-14-5-7-17/h2-3,8,14H,4-7,9H2,1H3,(H,15,16). The summed E-state index contributed by atoms with van der Waals surface area (Å²) in [7, 11) is 0. The fraction of sp³-hybridized carbons (Fsp3) is 0.462. The van der Waals surface area contributed by atoms with E-state index in [1.165, 1.54) is 10.3 Å². The molecule has 1 fully saturated rings. The summed E-state index contributed by atoms with van der Waals surface area (Å²) >= 11 is 1.66. The Labute approximate surface area is 116 Å². The van der Waals surface area contributed by atoms with Crippen LogP contribution >= 0.6 is 11.3 Å². The summed E-state index contributed by atoms with van der Waals surface area (Å²) in [4.78, 5) is 10.2. The van der Waals surface area contributed by atoms with Gasteiger partial charge in [0.1, 0.15) is 6.73 Å². The minimum Gasteiger partial charge on any atom is -0.337 e. The molecule has 0 radical (unpaired) electrons. The van der Waals surface area contributed by atoms with Gasteiger partial charge in [-0.3, -0.25) is 4.84 Å². The van der Waals surface area contributed by atoms with Crippen LogP contribution in [0.15, 0.2) is 18.2 Å². The van der Waals surface area contributed by atoms with Crippen molar-refractivity contribution < 1.29 is 4.84 Å². The van der Waals surface area contributed by atoms with E-state index in [9.17, 15) is 0 Å². The smallest absolute Gasteiger partial charge is 0.185 e. The molecule has 0 spiro atoms. The van der Waals surface area contributed by atoms with Gasteiger partial charge in [0.25, 0.3) is 0 Å². The van der Waals surface area contributed by atoms with Crippen LogP contribution in [-0.4, -0.2) is 43.0 Å². The van der Waals surface area contributed by atoms with Gasteiger partial charge in [0, 0.05) is 26.2 Å². The van der Waals surface area contributed by atoms with Crippen LogP contribution < -0.4 is 10.6 Å². The van der Waals surface area contributed by atoms with Crippen LogP contribution in [0.4, 0.5) is 5.13 Å². The Morgan fingerprint density at radius 1 is 1.42 bits per heavy atom. The highest BCUT2D eigenvalue weighted by molar-refractivity contribution is 7.22. The number of nitrogens with one attached hydrogen (secondary N) is 2. The largest absolute Gasteiger partial charge is 0.337 e. The molecule has 2 N–H and O–H groups in total. The first-order chi connectivity index (χ1) is 9.31. The van der Waals surface area contributed by atoms with Crippen LogP contribution in [0.1, 0.15) is 5.56 Å². The zero-order valence-corrected chi connectivity index (χ0v) is 11.8. The minimum atomic E-state index is 0.471. The third-order valence-corrected chi connectivity index (χ3v) is 4.07. The number of anilines is 1. The van der Waals surface area contributed by atoms with Crippen LogP contribution in [-0.2, 0) is 4.84 Å². The Bertz CT molecular complexity index is 551. The van der Waals surface area contributed by atoms with Gasteiger partial charge in [0.15, 0.2) is 5.13 Å². The lowest BCUT2D eigenvalue weighted by molar-refractivity contribution is -0.157. The lowest BCUT2D eigenvalue weighted by Crippen LogP contribution is -2.43. The number of hydrogen-bond donors (Lipinski definition) is 2. The van der Waals surface area contributed by atoms with E-state index in [4.69, 9.17) is 4.84 Å². The Kier molecular flexibility index (Phi) is 3.93. The number of aryl methyl sites for hydroxylation is 1. The molecule has 5 nitrogen and oxygen atoms in total. The van der Waals surface area contributed by atoms with E-state index in [0.29, 0.717) is 6.73 Å². The van der Waals surface area contributed by atoms with Crippen molar-refractivity contribution in [2.75, 3.05) is 38.2 Å². The number of piperazine rings is 1. The number of hydroxylamine groups is 2. The molecular formula is C13H18N4OS. The van der Waals surface area contributed by atoms with E-state index in [1.54, 1.807) is 11.3 Å². The van der Waals surface area contributed by atoms with E-state index < -0.39 is 0 Å². The molecule has 1 saturated heterocycles. The molecule has 0 atom stereocenters. The molecule has 0 bridgehead atoms. The Morgan fingerprint density at radius 3 is 3.11 bits per heavy atom. The molecule has 1 aromatic carbocycles. The number of hydrogen-bond acceptors (Lipinski definition) is 6. The van der Waals surface area contributed by atoms with Crippen LogP contribution in [0.25, 0.3) is 10.2 Å². The van der Waals surface area contributed by atoms with E-state index in [2.05, 4.69) is 40.7 Å². The quantitative estimate of drug-likeness (QED) is 0.835. The molecule has 102 valence electrons. The molecule has 0 aliphatic carbocycles. The molecule has 2 heterocycles. The number of rotatable bonds is 4. The average Bonchev–Trinajstić information content (AvgIpc) is 2.82. The fourth-order valence-electron chi connectivity index (χ4n) is 2.07. The lowest BCUT2D eigenvalue weighted by atomic mass is 10.2. The molecule has 19 heavy (non-hydrogen) atoms. The predicted molar refractivity (Wildman–Crippen MR) is 78.4 cm³/mol. The van der Waals surface area contributed by atoms with Crippen molar-refractivity contribution in [2.24, 2.45) is 0 Å². The van der Waals surface area contributed by atoms with Gasteiger partial charge in [-0.15, -0.1) is 0 Å². The zero-order valence-electron chi connectivity index (χ0n) is 11.0. The predicted octanol–water partition coefficient (Wildman–Crippen LogP) is 1.81. The first-order valence-corrected chi connectivity index (χ1v) is 7.32. The molecule has 3 rings (SSSR count). The number of benzene rings is 1. The first-order valence-electron chi connectivity index (χ1n) is 6.51. The monoisotopic (exact) mass is 278 g/mol. The van der Waals surface area contributed by atoms with Gasteiger partial charge in [-0.1, -0.05) is 17.4 Å². The summed E-state index contributed by atoms with van der Waals surface area (Å²) in [6.07, 6.45) is 0. The summed E-state index contributed by atoms with van der Waals surface area (Å²) in [5.41, 5.74) is 2.31. The molecule has 0 saturated carbocycles. The normalized spacial score (nSPS) is 16.9. The second kappa shape index (κ2) is 5.83. The average molecular weight is 278 g/mol. The third kappa shape index (κ3) is 3.22. The van der Waals surface area contributed by atoms with Crippen LogP contribution in [0.5, 0.6) is 0 Å². The van der Waals surface area contributed by atoms with Crippen molar-refractivity contribution in [2.45, 2.75) is 6.92 Å². The van der Waals surface area contributed by atoms with E-state index in [-0.39, 0.29) is 0 Å². The summed E-state index contributed by atoms with van der Waals surface area (Å²) in [5, 5.41) is 9.42. The van der Waals surface area contributed by atoms with Crippen molar-refractivity contribution in [3.05, 3.63) is 23.8 Å². The van der Waals surface area contributed by atoms with E-state index >= 15 is 0 Å². The highest BCUT2D eigenvalue weighted by Gasteiger charge is 2.10. The van der Waals surface area contributed by atoms with Gasteiger partial charge in [-0.25, -0.2) is 4.98 Å². The second-order valence-corrected chi connectivity index (χ2v) is 5.65. The molecule has 0 unspecified atom stereocenters. The zero-order chi connectivity index (χ0) is 13.1. The van der Waals surface area contributed by atoms with E-state index in [1.807, 2.05) is 5.06 Å². The molecule has 0 amide bonds. The maximum absolute atomic E-state index is 5.66. The van der Waals surface area contributed by atoms with Crippen LogP contribution in [0.3, 0.4) is 0 Å². The third-order valence-electron chi connectivity index (χ3n) is 3.09. The SMILES string of the molecule is Cc1ccc2nc(NCON3CCNCC3)sc2c1. The van der Waals surface area contributed by atoms with Gasteiger partial charge in [0.2, 0.25) is 0 Å². The lowest BCUT2D eigenvalue weighted by Gasteiger charge is -2.26. The number of thiazole rings is 1.